The van der Waals surface area contributed by atoms with Crippen molar-refractivity contribution < 1.29 is 27.5 Å². The van der Waals surface area contributed by atoms with Gasteiger partial charge in [-0.2, -0.15) is 13.2 Å². The minimum Gasteiger partial charge on any atom is -0.484 e. The Morgan fingerprint density at radius 3 is 2.39 bits per heavy atom. The average Bonchev–Trinajstić information content (AvgIpc) is 2.60. The summed E-state index contributed by atoms with van der Waals surface area (Å²) in [6, 6.07) is 11.2. The van der Waals surface area contributed by atoms with Gasteiger partial charge in [0.2, 0.25) is 5.91 Å². The molecule has 8 heteroatoms. The van der Waals surface area contributed by atoms with E-state index < -0.39 is 11.7 Å². The van der Waals surface area contributed by atoms with Crippen molar-refractivity contribution in [2.45, 2.75) is 32.5 Å². The number of hydrogen-bond acceptors (Lipinski definition) is 3. The second-order valence-electron chi connectivity index (χ2n) is 6.37. The molecule has 0 aliphatic heterocycles. The molecule has 5 nitrogen and oxygen atoms in total. The number of carbonyl (C=O) groups is 2. The maximum Gasteiger partial charge on any atom is 0.416 e. The molecule has 1 unspecified atom stereocenters. The van der Waals surface area contributed by atoms with Gasteiger partial charge in [0.25, 0.3) is 5.91 Å². The molecule has 0 aliphatic carbocycles. The molecule has 2 aromatic carbocycles. The van der Waals surface area contributed by atoms with Crippen LogP contribution in [0, 0.1) is 0 Å². The Labute approximate surface area is 160 Å². The van der Waals surface area contributed by atoms with Crippen LogP contribution < -0.4 is 15.4 Å². The van der Waals surface area contributed by atoms with Crippen molar-refractivity contribution in [1.82, 2.24) is 5.32 Å². The highest BCUT2D eigenvalue weighted by Gasteiger charge is 2.30. The maximum atomic E-state index is 12.8. The first-order valence-corrected chi connectivity index (χ1v) is 8.59. The van der Waals surface area contributed by atoms with Crippen molar-refractivity contribution in [3.05, 3.63) is 59.7 Å². The van der Waals surface area contributed by atoms with Crippen LogP contribution in [0.3, 0.4) is 0 Å². The van der Waals surface area contributed by atoms with Gasteiger partial charge in [-0.1, -0.05) is 18.2 Å². The summed E-state index contributed by atoms with van der Waals surface area (Å²) in [5.74, 6) is -0.122. The molecule has 28 heavy (non-hydrogen) atoms. The highest BCUT2D eigenvalue weighted by atomic mass is 19.4. The number of amides is 2. The van der Waals surface area contributed by atoms with Crippen molar-refractivity contribution in [2.75, 3.05) is 11.9 Å². The molecule has 2 amide bonds. The second-order valence-corrected chi connectivity index (χ2v) is 6.37. The van der Waals surface area contributed by atoms with Crippen molar-refractivity contribution in [1.29, 1.82) is 0 Å². The lowest BCUT2D eigenvalue weighted by molar-refractivity contribution is -0.137. The summed E-state index contributed by atoms with van der Waals surface area (Å²) in [4.78, 5) is 22.9. The third kappa shape index (κ3) is 6.94. The molecule has 0 saturated carbocycles. The van der Waals surface area contributed by atoms with Crippen LogP contribution in [0.15, 0.2) is 48.5 Å². The number of carbonyl (C=O) groups excluding carboxylic acids is 2. The maximum absolute atomic E-state index is 12.8. The van der Waals surface area contributed by atoms with Gasteiger partial charge in [0.15, 0.2) is 6.61 Å². The van der Waals surface area contributed by atoms with Gasteiger partial charge in [-0.3, -0.25) is 9.59 Å². The van der Waals surface area contributed by atoms with Gasteiger partial charge in [-0.25, -0.2) is 0 Å². The largest absolute Gasteiger partial charge is 0.484 e. The molecule has 0 heterocycles. The molecule has 1 atom stereocenters. The molecule has 0 fully saturated rings. The van der Waals surface area contributed by atoms with Crippen LogP contribution in [-0.2, 0) is 22.2 Å². The quantitative estimate of drug-likeness (QED) is 0.751. The van der Waals surface area contributed by atoms with E-state index in [-0.39, 0.29) is 30.9 Å². The molecular formula is C20H21F3N2O3. The van der Waals surface area contributed by atoms with E-state index in [1.165, 1.54) is 13.0 Å². The summed E-state index contributed by atoms with van der Waals surface area (Å²) in [6.45, 7) is 2.88. The Bertz CT molecular complexity index is 820. The fourth-order valence-corrected chi connectivity index (χ4v) is 2.58. The van der Waals surface area contributed by atoms with Gasteiger partial charge in [0, 0.05) is 18.7 Å². The number of ether oxygens (including phenoxy) is 1. The Kier molecular flexibility index (Phi) is 7.03. The minimum atomic E-state index is -4.40. The lowest BCUT2D eigenvalue weighted by Gasteiger charge is -2.15. The zero-order valence-electron chi connectivity index (χ0n) is 15.5. The molecule has 2 N–H and O–H groups in total. The molecule has 0 aliphatic rings. The zero-order valence-corrected chi connectivity index (χ0v) is 15.5. The molecule has 2 aromatic rings. The summed E-state index contributed by atoms with van der Waals surface area (Å²) in [7, 11) is 0. The number of nitrogens with one attached hydrogen (secondary N) is 2. The van der Waals surface area contributed by atoms with Crippen LogP contribution in [0.25, 0.3) is 0 Å². The summed E-state index contributed by atoms with van der Waals surface area (Å²) < 4.78 is 43.6. The molecule has 0 spiro atoms. The Hall–Kier alpha value is -3.03. The lowest BCUT2D eigenvalue weighted by atomic mass is 10.0. The first kappa shape index (κ1) is 21.3. The predicted molar refractivity (Wildman–Crippen MR) is 99.0 cm³/mol. The van der Waals surface area contributed by atoms with E-state index in [1.807, 2.05) is 0 Å². The molecule has 0 bridgehead atoms. The van der Waals surface area contributed by atoms with Crippen molar-refractivity contribution in [3.8, 4) is 5.75 Å². The third-order valence-electron chi connectivity index (χ3n) is 3.75. The number of alkyl halides is 3. The van der Waals surface area contributed by atoms with Crippen LogP contribution in [0.5, 0.6) is 5.75 Å². The van der Waals surface area contributed by atoms with Crippen LogP contribution in [0.1, 0.15) is 25.0 Å². The van der Waals surface area contributed by atoms with E-state index in [0.29, 0.717) is 17.0 Å². The molecule has 150 valence electrons. The summed E-state index contributed by atoms with van der Waals surface area (Å²) in [5.41, 5.74) is 0.380. The predicted octanol–water partition coefficient (Wildman–Crippen LogP) is 3.79. The summed E-state index contributed by atoms with van der Waals surface area (Å²) in [6.07, 6.45) is -4.13. The van der Waals surface area contributed by atoms with Crippen LogP contribution in [0.4, 0.5) is 18.9 Å². The molecule has 0 radical (unpaired) electrons. The van der Waals surface area contributed by atoms with Crippen LogP contribution in [0.2, 0.25) is 0 Å². The number of halogens is 3. The Morgan fingerprint density at radius 2 is 1.79 bits per heavy atom. The number of benzene rings is 2. The van der Waals surface area contributed by atoms with E-state index in [0.717, 1.165) is 12.1 Å². The van der Waals surface area contributed by atoms with Crippen molar-refractivity contribution in [3.63, 3.8) is 0 Å². The monoisotopic (exact) mass is 394 g/mol. The summed E-state index contributed by atoms with van der Waals surface area (Å²) >= 11 is 0. The number of anilines is 1. The highest BCUT2D eigenvalue weighted by molar-refractivity contribution is 5.88. The average molecular weight is 394 g/mol. The van der Waals surface area contributed by atoms with E-state index >= 15 is 0 Å². The van der Waals surface area contributed by atoms with E-state index in [1.54, 1.807) is 37.3 Å². The van der Waals surface area contributed by atoms with Gasteiger partial charge in [-0.05, 0) is 49.2 Å². The zero-order chi connectivity index (χ0) is 20.7. The van der Waals surface area contributed by atoms with E-state index in [9.17, 15) is 22.8 Å². The second kappa shape index (κ2) is 9.25. The normalized spacial score (nSPS) is 12.2. The first-order chi connectivity index (χ1) is 13.1. The van der Waals surface area contributed by atoms with E-state index in [2.05, 4.69) is 10.6 Å². The van der Waals surface area contributed by atoms with E-state index in [4.69, 9.17) is 4.74 Å². The van der Waals surface area contributed by atoms with Gasteiger partial charge in [0.05, 0.1) is 5.56 Å². The smallest absolute Gasteiger partial charge is 0.416 e. The third-order valence-corrected chi connectivity index (χ3v) is 3.75. The fraction of sp³-hybridized carbons (Fsp3) is 0.300. The highest BCUT2D eigenvalue weighted by Crippen LogP contribution is 2.29. The SMILES string of the molecule is CC(=O)Nc1ccc(OCC(=O)NC(C)Cc2cccc(C(F)(F)F)c2)cc1. The van der Waals surface area contributed by atoms with Crippen molar-refractivity contribution >= 4 is 17.5 Å². The standard InChI is InChI=1S/C20H21F3N2O3/c1-13(10-15-4-3-5-16(11-15)20(21,22)23)24-19(27)12-28-18-8-6-17(7-9-18)25-14(2)26/h3-9,11,13H,10,12H2,1-2H3,(H,24,27)(H,25,26). The molecule has 0 saturated heterocycles. The van der Waals surface area contributed by atoms with Crippen LogP contribution >= 0.6 is 0 Å². The van der Waals surface area contributed by atoms with Crippen LogP contribution in [-0.4, -0.2) is 24.5 Å². The van der Waals surface area contributed by atoms with Gasteiger partial charge in [-0.15, -0.1) is 0 Å². The molecular weight excluding hydrogens is 373 g/mol. The van der Waals surface area contributed by atoms with Gasteiger partial charge < -0.3 is 15.4 Å². The summed E-state index contributed by atoms with van der Waals surface area (Å²) in [5, 5.41) is 5.31. The number of hydrogen-bond donors (Lipinski definition) is 2. The molecule has 2 rings (SSSR count). The lowest BCUT2D eigenvalue weighted by Crippen LogP contribution is -2.37. The Balaban J connectivity index is 1.82. The van der Waals surface area contributed by atoms with Gasteiger partial charge >= 0.3 is 6.18 Å². The Morgan fingerprint density at radius 1 is 1.11 bits per heavy atom. The minimum absolute atomic E-state index is 0.192. The first-order valence-electron chi connectivity index (χ1n) is 8.59. The fourth-order valence-electron chi connectivity index (χ4n) is 2.58. The van der Waals surface area contributed by atoms with Crippen molar-refractivity contribution in [2.24, 2.45) is 0 Å². The number of rotatable bonds is 7. The molecule has 0 aromatic heterocycles. The topological polar surface area (TPSA) is 67.4 Å². The van der Waals surface area contributed by atoms with Gasteiger partial charge in [0.1, 0.15) is 5.75 Å².